The standard InChI is InChI=1S/C21H22N2O10/c1-5-30-15-8-7-13(9-14(15)23(28)29)20(26)32-10-16(25)22-19-18(21(27)31-6-2)17(11(3)24)12(4)33-19/h7-9H,5-6,10H2,1-4H3,(H,22,25). The van der Waals surface area contributed by atoms with E-state index in [4.69, 9.17) is 18.6 Å². The number of carbonyl (C=O) groups is 4. The van der Waals surface area contributed by atoms with Crippen LogP contribution in [-0.2, 0) is 14.3 Å². The zero-order valence-corrected chi connectivity index (χ0v) is 18.4. The van der Waals surface area contributed by atoms with Crippen molar-refractivity contribution in [2.45, 2.75) is 27.7 Å². The number of Topliss-reactive ketones (excluding diaryl/α,β-unsaturated/α-hetero) is 1. The van der Waals surface area contributed by atoms with E-state index in [1.165, 1.54) is 26.0 Å². The van der Waals surface area contributed by atoms with E-state index < -0.39 is 40.8 Å². The van der Waals surface area contributed by atoms with Crippen LogP contribution in [0.15, 0.2) is 22.6 Å². The number of aryl methyl sites for hydroxylation is 1. The lowest BCUT2D eigenvalue weighted by Gasteiger charge is -2.08. The Morgan fingerprint density at radius 2 is 1.76 bits per heavy atom. The second-order valence-corrected chi connectivity index (χ2v) is 6.51. The van der Waals surface area contributed by atoms with Crippen molar-refractivity contribution in [3.8, 4) is 5.75 Å². The van der Waals surface area contributed by atoms with E-state index in [2.05, 4.69) is 5.32 Å². The van der Waals surface area contributed by atoms with Crippen molar-refractivity contribution >= 4 is 35.2 Å². The first-order valence-electron chi connectivity index (χ1n) is 9.80. The van der Waals surface area contributed by atoms with Gasteiger partial charge in [-0.3, -0.25) is 25.0 Å². The highest BCUT2D eigenvalue weighted by Gasteiger charge is 2.29. The second-order valence-electron chi connectivity index (χ2n) is 6.51. The molecule has 12 heteroatoms. The van der Waals surface area contributed by atoms with E-state index in [1.54, 1.807) is 13.8 Å². The van der Waals surface area contributed by atoms with Crippen molar-refractivity contribution in [1.82, 2.24) is 0 Å². The molecular weight excluding hydrogens is 440 g/mol. The van der Waals surface area contributed by atoms with Crippen LogP contribution in [0.5, 0.6) is 5.75 Å². The SMILES string of the molecule is CCOC(=O)c1c(NC(=O)COC(=O)c2ccc(OCC)c([N+](=O)[O-])c2)oc(C)c1C(C)=O. The number of amides is 1. The van der Waals surface area contributed by atoms with Crippen molar-refractivity contribution in [3.63, 3.8) is 0 Å². The Balaban J connectivity index is 2.15. The summed E-state index contributed by atoms with van der Waals surface area (Å²) in [5.74, 6) is -3.46. The highest BCUT2D eigenvalue weighted by molar-refractivity contribution is 6.10. The molecule has 0 aliphatic rings. The van der Waals surface area contributed by atoms with Gasteiger partial charge in [-0.2, -0.15) is 0 Å². The number of ketones is 1. The molecular formula is C21H22N2O10. The highest BCUT2D eigenvalue weighted by Crippen LogP contribution is 2.29. The third kappa shape index (κ3) is 5.93. The number of benzene rings is 1. The molecule has 1 amide bonds. The molecule has 0 bridgehead atoms. The predicted octanol–water partition coefficient (Wildman–Crippen LogP) is 3.07. The number of esters is 2. The van der Waals surface area contributed by atoms with Gasteiger partial charge >= 0.3 is 17.6 Å². The average Bonchev–Trinajstić information content (AvgIpc) is 3.08. The van der Waals surface area contributed by atoms with Crippen LogP contribution in [0.4, 0.5) is 11.6 Å². The zero-order valence-electron chi connectivity index (χ0n) is 18.4. The van der Waals surface area contributed by atoms with Crippen molar-refractivity contribution in [3.05, 3.63) is 50.8 Å². The van der Waals surface area contributed by atoms with Crippen LogP contribution in [0.25, 0.3) is 0 Å². The fraction of sp³-hybridized carbons (Fsp3) is 0.333. The number of hydrogen-bond donors (Lipinski definition) is 1. The number of anilines is 1. The fourth-order valence-electron chi connectivity index (χ4n) is 2.90. The topological polar surface area (TPSA) is 164 Å². The van der Waals surface area contributed by atoms with Gasteiger partial charge in [0.15, 0.2) is 18.1 Å². The third-order valence-electron chi connectivity index (χ3n) is 4.19. The summed E-state index contributed by atoms with van der Waals surface area (Å²) in [4.78, 5) is 59.2. The Kier molecular flexibility index (Phi) is 8.26. The monoisotopic (exact) mass is 462 g/mol. The van der Waals surface area contributed by atoms with E-state index >= 15 is 0 Å². The van der Waals surface area contributed by atoms with Gasteiger partial charge in [-0.15, -0.1) is 0 Å². The largest absolute Gasteiger partial charge is 0.487 e. The lowest BCUT2D eigenvalue weighted by molar-refractivity contribution is -0.385. The fourth-order valence-corrected chi connectivity index (χ4v) is 2.90. The predicted molar refractivity (Wildman–Crippen MR) is 113 cm³/mol. The molecule has 0 unspecified atom stereocenters. The number of nitro groups is 1. The summed E-state index contributed by atoms with van der Waals surface area (Å²) in [6, 6.07) is 3.48. The Hall–Kier alpha value is -4.22. The van der Waals surface area contributed by atoms with Crippen molar-refractivity contribution in [1.29, 1.82) is 0 Å². The summed E-state index contributed by atoms with van der Waals surface area (Å²) in [5.41, 5.74) is -0.887. The maximum Gasteiger partial charge on any atom is 0.344 e. The second kappa shape index (κ2) is 10.9. The minimum atomic E-state index is -0.998. The van der Waals surface area contributed by atoms with Gasteiger partial charge in [0.2, 0.25) is 5.88 Å². The Labute approximate surface area is 187 Å². The molecule has 1 N–H and O–H groups in total. The van der Waals surface area contributed by atoms with Crippen LogP contribution >= 0.6 is 0 Å². The van der Waals surface area contributed by atoms with Gasteiger partial charge in [-0.1, -0.05) is 0 Å². The summed E-state index contributed by atoms with van der Waals surface area (Å²) in [6.45, 7) is 5.31. The highest BCUT2D eigenvalue weighted by atomic mass is 16.6. The van der Waals surface area contributed by atoms with Gasteiger partial charge in [-0.25, -0.2) is 9.59 Å². The maximum atomic E-state index is 12.3. The van der Waals surface area contributed by atoms with Crippen molar-refractivity contribution in [2.24, 2.45) is 0 Å². The van der Waals surface area contributed by atoms with Gasteiger partial charge in [0, 0.05) is 6.07 Å². The molecule has 1 aromatic heterocycles. The van der Waals surface area contributed by atoms with Crippen LogP contribution in [0.2, 0.25) is 0 Å². The molecule has 0 saturated heterocycles. The molecule has 0 aliphatic heterocycles. The molecule has 1 aromatic carbocycles. The number of nitro benzene ring substituents is 1. The van der Waals surface area contributed by atoms with Gasteiger partial charge < -0.3 is 18.6 Å². The molecule has 0 saturated carbocycles. The van der Waals surface area contributed by atoms with Crippen molar-refractivity contribution < 1.29 is 42.7 Å². The number of nitrogens with zero attached hydrogens (tertiary/aromatic N) is 1. The Morgan fingerprint density at radius 3 is 2.33 bits per heavy atom. The van der Waals surface area contributed by atoms with Crippen LogP contribution in [0.3, 0.4) is 0 Å². The number of hydrogen-bond acceptors (Lipinski definition) is 10. The molecule has 0 fully saturated rings. The maximum absolute atomic E-state index is 12.3. The van der Waals surface area contributed by atoms with Gasteiger partial charge in [0.05, 0.1) is 29.3 Å². The lowest BCUT2D eigenvalue weighted by Crippen LogP contribution is -2.22. The first-order chi connectivity index (χ1) is 15.6. The first-order valence-corrected chi connectivity index (χ1v) is 9.80. The molecule has 12 nitrogen and oxygen atoms in total. The average molecular weight is 462 g/mol. The van der Waals surface area contributed by atoms with E-state index in [1.807, 2.05) is 0 Å². The van der Waals surface area contributed by atoms with Crippen molar-refractivity contribution in [2.75, 3.05) is 25.1 Å². The quantitative estimate of drug-likeness (QED) is 0.240. The molecule has 33 heavy (non-hydrogen) atoms. The van der Waals surface area contributed by atoms with Gasteiger partial charge in [0.1, 0.15) is 11.3 Å². The molecule has 0 atom stereocenters. The number of nitrogens with one attached hydrogen (secondary N) is 1. The Morgan fingerprint density at radius 1 is 1.06 bits per heavy atom. The van der Waals surface area contributed by atoms with Crippen LogP contribution < -0.4 is 10.1 Å². The van der Waals surface area contributed by atoms with Gasteiger partial charge in [-0.05, 0) is 39.8 Å². The number of carbonyl (C=O) groups excluding carboxylic acids is 4. The molecule has 0 aliphatic carbocycles. The minimum absolute atomic E-state index is 0.0160. The third-order valence-corrected chi connectivity index (χ3v) is 4.19. The lowest BCUT2D eigenvalue weighted by atomic mass is 10.1. The van der Waals surface area contributed by atoms with E-state index in [0.29, 0.717) is 0 Å². The molecule has 2 rings (SSSR count). The van der Waals surface area contributed by atoms with Crippen LogP contribution in [-0.4, -0.2) is 48.4 Å². The van der Waals surface area contributed by atoms with Gasteiger partial charge in [0.25, 0.3) is 5.91 Å². The molecule has 0 spiro atoms. The number of rotatable bonds is 10. The van der Waals surface area contributed by atoms with Crippen LogP contribution in [0, 0.1) is 17.0 Å². The smallest absolute Gasteiger partial charge is 0.344 e. The van der Waals surface area contributed by atoms with E-state index in [0.717, 1.165) is 6.07 Å². The summed E-state index contributed by atoms with van der Waals surface area (Å²) in [5, 5.41) is 13.5. The summed E-state index contributed by atoms with van der Waals surface area (Å²) >= 11 is 0. The first kappa shape index (κ1) is 25.0. The molecule has 0 radical (unpaired) electrons. The van der Waals surface area contributed by atoms with Crippen LogP contribution in [0.1, 0.15) is 57.6 Å². The normalized spacial score (nSPS) is 10.3. The van der Waals surface area contributed by atoms with E-state index in [9.17, 15) is 29.3 Å². The summed E-state index contributed by atoms with van der Waals surface area (Å²) in [6.07, 6.45) is 0. The number of ether oxygens (including phenoxy) is 3. The number of furan rings is 1. The molecule has 2 aromatic rings. The molecule has 176 valence electrons. The zero-order chi connectivity index (χ0) is 24.7. The summed E-state index contributed by atoms with van der Waals surface area (Å²) in [7, 11) is 0. The molecule has 1 heterocycles. The Bertz CT molecular complexity index is 1100. The minimum Gasteiger partial charge on any atom is -0.487 e. The van der Waals surface area contributed by atoms with E-state index in [-0.39, 0.29) is 47.3 Å². The summed E-state index contributed by atoms with van der Waals surface area (Å²) < 4.78 is 20.3.